The molecule has 7 nitrogen and oxygen atoms in total. The highest BCUT2D eigenvalue weighted by Gasteiger charge is 2.16. The van der Waals surface area contributed by atoms with Crippen molar-refractivity contribution >= 4 is 29.0 Å². The van der Waals surface area contributed by atoms with Crippen LogP contribution >= 0.6 is 11.6 Å². The summed E-state index contributed by atoms with van der Waals surface area (Å²) in [5.41, 5.74) is 3.69. The van der Waals surface area contributed by atoms with E-state index >= 15 is 0 Å². The molecule has 3 rings (SSSR count). The first-order valence-corrected chi connectivity index (χ1v) is 9.38. The van der Waals surface area contributed by atoms with Crippen LogP contribution < -0.4 is 20.1 Å². The number of methoxy groups -OCH3 is 2. The highest BCUT2D eigenvalue weighted by Crippen LogP contribution is 2.29. The fourth-order valence-corrected chi connectivity index (χ4v) is 3.18. The van der Waals surface area contributed by atoms with Gasteiger partial charge in [-0.3, -0.25) is 4.68 Å². The first-order valence-electron chi connectivity index (χ1n) is 9.00. The lowest BCUT2D eigenvalue weighted by atomic mass is 10.2. The monoisotopic (exact) mass is 414 g/mol. The normalized spacial score (nSPS) is 10.5. The first kappa shape index (κ1) is 20.5. The van der Waals surface area contributed by atoms with Crippen molar-refractivity contribution in [3.05, 3.63) is 64.4 Å². The van der Waals surface area contributed by atoms with Crippen molar-refractivity contribution < 1.29 is 14.3 Å². The molecular weight excluding hydrogens is 392 g/mol. The van der Waals surface area contributed by atoms with E-state index in [2.05, 4.69) is 15.7 Å². The van der Waals surface area contributed by atoms with E-state index in [9.17, 15) is 4.79 Å². The lowest BCUT2D eigenvalue weighted by Gasteiger charge is -2.13. The maximum Gasteiger partial charge on any atom is 0.323 e. The van der Waals surface area contributed by atoms with Gasteiger partial charge in [0.2, 0.25) is 0 Å². The lowest BCUT2D eigenvalue weighted by molar-refractivity contribution is 0.262. The second kappa shape index (κ2) is 8.87. The van der Waals surface area contributed by atoms with Crippen molar-refractivity contribution in [3.8, 4) is 11.5 Å². The van der Waals surface area contributed by atoms with E-state index in [1.807, 2.05) is 42.8 Å². The molecule has 0 aliphatic rings. The van der Waals surface area contributed by atoms with Gasteiger partial charge in [0.05, 0.1) is 43.5 Å². The molecule has 0 atom stereocenters. The van der Waals surface area contributed by atoms with Crippen LogP contribution in [0.15, 0.2) is 42.5 Å². The molecule has 29 heavy (non-hydrogen) atoms. The topological polar surface area (TPSA) is 77.4 Å². The van der Waals surface area contributed by atoms with E-state index in [4.69, 9.17) is 21.1 Å². The Hall–Kier alpha value is -3.19. The van der Waals surface area contributed by atoms with Crippen LogP contribution in [0.2, 0.25) is 5.02 Å². The number of nitrogens with zero attached hydrogens (tertiary/aromatic N) is 2. The van der Waals surface area contributed by atoms with Gasteiger partial charge in [-0.05, 0) is 37.6 Å². The van der Waals surface area contributed by atoms with Gasteiger partial charge in [-0.25, -0.2) is 4.79 Å². The van der Waals surface area contributed by atoms with E-state index < -0.39 is 6.03 Å². The van der Waals surface area contributed by atoms with Gasteiger partial charge in [-0.1, -0.05) is 29.8 Å². The number of rotatable bonds is 6. The van der Waals surface area contributed by atoms with Crippen molar-refractivity contribution in [2.45, 2.75) is 20.4 Å². The Morgan fingerprint density at radius 3 is 2.55 bits per heavy atom. The zero-order chi connectivity index (χ0) is 21.0. The smallest absolute Gasteiger partial charge is 0.323 e. The van der Waals surface area contributed by atoms with Gasteiger partial charge in [-0.2, -0.15) is 5.10 Å². The van der Waals surface area contributed by atoms with Gasteiger partial charge in [-0.15, -0.1) is 0 Å². The summed E-state index contributed by atoms with van der Waals surface area (Å²) < 4.78 is 12.3. The molecule has 0 bridgehead atoms. The molecule has 0 aliphatic heterocycles. The molecule has 0 unspecified atom stereocenters. The number of anilines is 2. The van der Waals surface area contributed by atoms with Crippen molar-refractivity contribution in [3.63, 3.8) is 0 Å². The molecule has 0 saturated carbocycles. The fraction of sp³-hybridized carbons (Fsp3) is 0.238. The van der Waals surface area contributed by atoms with Crippen LogP contribution in [0.5, 0.6) is 11.5 Å². The Morgan fingerprint density at radius 1 is 1.10 bits per heavy atom. The minimum Gasteiger partial charge on any atom is -0.497 e. The predicted molar refractivity (Wildman–Crippen MR) is 114 cm³/mol. The number of carbonyl (C=O) groups is 1. The number of carbonyl (C=O) groups excluding carboxylic acids is 1. The first-order chi connectivity index (χ1) is 13.9. The number of halogens is 1. The average Bonchev–Trinajstić information content (AvgIpc) is 2.97. The minimum absolute atomic E-state index is 0.392. The number of hydrogen-bond acceptors (Lipinski definition) is 4. The lowest BCUT2D eigenvalue weighted by Crippen LogP contribution is -2.20. The third-order valence-corrected chi connectivity index (χ3v) is 4.92. The number of aryl methyl sites for hydroxylation is 1. The number of benzene rings is 2. The number of amides is 2. The molecule has 0 saturated heterocycles. The van der Waals surface area contributed by atoms with Crippen LogP contribution in [0.25, 0.3) is 0 Å². The van der Waals surface area contributed by atoms with Gasteiger partial charge in [0.1, 0.15) is 11.5 Å². The molecule has 152 valence electrons. The molecule has 0 fully saturated rings. The minimum atomic E-state index is -0.392. The van der Waals surface area contributed by atoms with E-state index in [1.165, 1.54) is 7.11 Å². The maximum absolute atomic E-state index is 12.6. The molecule has 0 radical (unpaired) electrons. The third-order valence-electron chi connectivity index (χ3n) is 4.55. The number of hydrogen-bond donors (Lipinski definition) is 2. The maximum atomic E-state index is 12.6. The molecule has 2 N–H and O–H groups in total. The molecule has 2 aromatic carbocycles. The van der Waals surface area contributed by atoms with Crippen molar-refractivity contribution in [1.29, 1.82) is 0 Å². The Morgan fingerprint density at radius 2 is 1.86 bits per heavy atom. The van der Waals surface area contributed by atoms with Gasteiger partial charge < -0.3 is 20.1 Å². The zero-order valence-corrected chi connectivity index (χ0v) is 17.5. The Balaban J connectivity index is 1.76. The van der Waals surface area contributed by atoms with Crippen LogP contribution in [-0.4, -0.2) is 30.0 Å². The Kier molecular flexibility index (Phi) is 6.29. The third kappa shape index (κ3) is 4.63. The number of urea groups is 1. The van der Waals surface area contributed by atoms with Crippen molar-refractivity contribution in [1.82, 2.24) is 9.78 Å². The SMILES string of the molecule is COc1ccc(NC(=O)Nc2c(C)nn(Cc3ccccc3Cl)c2C)c(OC)c1. The van der Waals surface area contributed by atoms with E-state index in [0.717, 1.165) is 11.3 Å². The fourth-order valence-electron chi connectivity index (χ4n) is 2.99. The molecule has 8 heteroatoms. The number of aromatic nitrogens is 2. The summed E-state index contributed by atoms with van der Waals surface area (Å²) in [6.45, 7) is 4.27. The number of nitrogens with one attached hydrogen (secondary N) is 2. The van der Waals surface area contributed by atoms with E-state index in [0.29, 0.717) is 40.1 Å². The highest BCUT2D eigenvalue weighted by molar-refractivity contribution is 6.31. The largest absolute Gasteiger partial charge is 0.497 e. The molecule has 1 heterocycles. The second-order valence-corrected chi connectivity index (χ2v) is 6.85. The summed E-state index contributed by atoms with van der Waals surface area (Å²) in [5, 5.41) is 10.9. The van der Waals surface area contributed by atoms with Crippen LogP contribution in [0.4, 0.5) is 16.2 Å². The average molecular weight is 415 g/mol. The predicted octanol–water partition coefficient (Wildman–Crippen LogP) is 4.86. The number of ether oxygens (including phenoxy) is 2. The van der Waals surface area contributed by atoms with Crippen LogP contribution in [0, 0.1) is 13.8 Å². The van der Waals surface area contributed by atoms with Crippen molar-refractivity contribution in [2.24, 2.45) is 0 Å². The standard InChI is InChI=1S/C21H23ClN4O3/c1-13-20(14(2)26(25-13)12-15-7-5-6-8-17(15)22)24-21(27)23-18-10-9-16(28-3)11-19(18)29-4/h5-11H,12H2,1-4H3,(H2,23,24,27). The Labute approximate surface area is 174 Å². The summed E-state index contributed by atoms with van der Waals surface area (Å²) in [6, 6.07) is 12.4. The summed E-state index contributed by atoms with van der Waals surface area (Å²) >= 11 is 6.26. The van der Waals surface area contributed by atoms with Gasteiger partial charge in [0.15, 0.2) is 0 Å². The molecule has 3 aromatic rings. The summed E-state index contributed by atoms with van der Waals surface area (Å²) in [4.78, 5) is 12.6. The highest BCUT2D eigenvalue weighted by atomic mass is 35.5. The van der Waals surface area contributed by atoms with Crippen LogP contribution in [0.3, 0.4) is 0 Å². The summed E-state index contributed by atoms with van der Waals surface area (Å²) in [5.74, 6) is 1.14. The Bertz CT molecular complexity index is 1030. The molecular formula is C21H23ClN4O3. The quantitative estimate of drug-likeness (QED) is 0.603. The molecule has 0 aliphatic carbocycles. The van der Waals surface area contributed by atoms with Gasteiger partial charge in [0, 0.05) is 11.1 Å². The molecule has 0 spiro atoms. The second-order valence-electron chi connectivity index (χ2n) is 6.44. The van der Waals surface area contributed by atoms with E-state index in [1.54, 1.807) is 25.3 Å². The van der Waals surface area contributed by atoms with Crippen LogP contribution in [0.1, 0.15) is 17.0 Å². The van der Waals surface area contributed by atoms with Crippen molar-refractivity contribution in [2.75, 3.05) is 24.9 Å². The van der Waals surface area contributed by atoms with Crippen LogP contribution in [-0.2, 0) is 6.54 Å². The molecule has 2 amide bonds. The van der Waals surface area contributed by atoms with Gasteiger partial charge in [0.25, 0.3) is 0 Å². The van der Waals surface area contributed by atoms with E-state index in [-0.39, 0.29) is 0 Å². The zero-order valence-electron chi connectivity index (χ0n) is 16.7. The van der Waals surface area contributed by atoms with Gasteiger partial charge >= 0.3 is 6.03 Å². The summed E-state index contributed by atoms with van der Waals surface area (Å²) in [7, 11) is 3.10. The molecule has 1 aromatic heterocycles. The summed E-state index contributed by atoms with van der Waals surface area (Å²) in [6.07, 6.45) is 0.